The Balaban J connectivity index is 1.31. The molecule has 1 aromatic heterocycles. The average Bonchev–Trinajstić information content (AvgIpc) is 3.35. The van der Waals surface area contributed by atoms with E-state index in [4.69, 9.17) is 4.74 Å². The highest BCUT2D eigenvalue weighted by molar-refractivity contribution is 7.91. The number of ether oxygens (including phenoxy) is 1. The van der Waals surface area contributed by atoms with Crippen LogP contribution < -0.4 is 4.74 Å². The third kappa shape index (κ3) is 4.87. The molecular formula is C21H26N2O3S. The highest BCUT2D eigenvalue weighted by atomic mass is 32.2. The molecule has 5 nitrogen and oxygen atoms in total. The van der Waals surface area contributed by atoms with Crippen LogP contribution in [0.25, 0.3) is 0 Å². The van der Waals surface area contributed by atoms with Crippen LogP contribution >= 0.6 is 0 Å². The number of hydrogen-bond donors (Lipinski definition) is 0. The molecule has 1 aliphatic heterocycles. The topological polar surface area (TPSA) is 59.5 Å². The van der Waals surface area contributed by atoms with Crippen LogP contribution in [0.15, 0.2) is 47.5 Å². The van der Waals surface area contributed by atoms with Gasteiger partial charge in [-0.25, -0.2) is 8.42 Å². The fourth-order valence-electron chi connectivity index (χ4n) is 3.55. The molecule has 1 aromatic carbocycles. The molecule has 1 saturated carbocycles. The summed E-state index contributed by atoms with van der Waals surface area (Å²) in [5, 5.41) is 0. The normalized spacial score (nSPS) is 20.7. The van der Waals surface area contributed by atoms with Crippen LogP contribution in [0.2, 0.25) is 0 Å². The van der Waals surface area contributed by atoms with Gasteiger partial charge in [-0.15, -0.1) is 0 Å². The highest BCUT2D eigenvalue weighted by Gasteiger charge is 2.28. The van der Waals surface area contributed by atoms with Crippen LogP contribution in [-0.2, 0) is 16.4 Å². The van der Waals surface area contributed by atoms with Crippen LogP contribution in [0.1, 0.15) is 30.5 Å². The van der Waals surface area contributed by atoms with E-state index < -0.39 is 9.84 Å². The first kappa shape index (κ1) is 18.4. The van der Waals surface area contributed by atoms with Crippen molar-refractivity contribution in [3.8, 4) is 5.75 Å². The van der Waals surface area contributed by atoms with Gasteiger partial charge in [-0.1, -0.05) is 12.1 Å². The first-order chi connectivity index (χ1) is 13.0. The first-order valence-corrected chi connectivity index (χ1v) is 11.3. The van der Waals surface area contributed by atoms with Crippen LogP contribution in [0.5, 0.6) is 5.75 Å². The van der Waals surface area contributed by atoms with E-state index in [2.05, 4.69) is 22.0 Å². The molecule has 27 heavy (non-hydrogen) atoms. The molecule has 1 saturated heterocycles. The van der Waals surface area contributed by atoms with E-state index in [0.29, 0.717) is 11.0 Å². The van der Waals surface area contributed by atoms with Crippen LogP contribution in [-0.4, -0.2) is 43.2 Å². The number of rotatable bonds is 7. The molecule has 0 radical (unpaired) electrons. The van der Waals surface area contributed by atoms with Gasteiger partial charge in [0.05, 0.1) is 16.8 Å². The number of sulfone groups is 1. The summed E-state index contributed by atoms with van der Waals surface area (Å²) in [6.07, 6.45) is 5.14. The van der Waals surface area contributed by atoms with Crippen LogP contribution in [0.4, 0.5) is 0 Å². The molecule has 0 spiro atoms. The van der Waals surface area contributed by atoms with E-state index in [1.165, 1.54) is 24.6 Å². The summed E-state index contributed by atoms with van der Waals surface area (Å²) in [7, 11) is -3.27. The number of aryl methyl sites for hydroxylation is 1. The summed E-state index contributed by atoms with van der Waals surface area (Å²) in [4.78, 5) is 6.79. The molecule has 0 unspecified atom stereocenters. The minimum absolute atomic E-state index is 0.175. The molecule has 0 amide bonds. The van der Waals surface area contributed by atoms with E-state index >= 15 is 0 Å². The Labute approximate surface area is 161 Å². The van der Waals surface area contributed by atoms with Gasteiger partial charge in [0.15, 0.2) is 9.84 Å². The summed E-state index contributed by atoms with van der Waals surface area (Å²) in [5.74, 6) is 1.31. The van der Waals surface area contributed by atoms with Gasteiger partial charge in [0.2, 0.25) is 0 Å². The van der Waals surface area contributed by atoms with Crippen molar-refractivity contribution in [2.24, 2.45) is 5.92 Å². The quantitative estimate of drug-likeness (QED) is 0.731. The van der Waals surface area contributed by atoms with Crippen molar-refractivity contribution in [2.45, 2.75) is 43.7 Å². The van der Waals surface area contributed by atoms with E-state index in [-0.39, 0.29) is 11.7 Å². The smallest absolute Gasteiger partial charge is 0.180 e. The maximum absolute atomic E-state index is 12.6. The highest BCUT2D eigenvalue weighted by Crippen LogP contribution is 2.27. The molecular weight excluding hydrogens is 360 g/mol. The maximum Gasteiger partial charge on any atom is 0.180 e. The molecule has 0 bridgehead atoms. The predicted molar refractivity (Wildman–Crippen MR) is 105 cm³/mol. The zero-order valence-corrected chi connectivity index (χ0v) is 16.5. The lowest BCUT2D eigenvalue weighted by molar-refractivity contribution is 0.302. The summed E-state index contributed by atoms with van der Waals surface area (Å²) >= 11 is 0. The molecule has 2 heterocycles. The second-order valence-corrected chi connectivity index (χ2v) is 9.80. The molecule has 1 aliphatic carbocycles. The van der Waals surface area contributed by atoms with Crippen molar-refractivity contribution in [1.29, 1.82) is 0 Å². The largest absolute Gasteiger partial charge is 0.490 e. The Morgan fingerprint density at radius 3 is 2.56 bits per heavy atom. The number of benzene rings is 1. The summed E-state index contributed by atoms with van der Waals surface area (Å²) in [5.41, 5.74) is 2.07. The van der Waals surface area contributed by atoms with Gasteiger partial charge in [0.1, 0.15) is 5.75 Å². The van der Waals surface area contributed by atoms with Crippen molar-refractivity contribution in [3.05, 3.63) is 53.9 Å². The number of nitrogens with zero attached hydrogens (tertiary/aromatic N) is 2. The van der Waals surface area contributed by atoms with Crippen molar-refractivity contribution < 1.29 is 13.2 Å². The molecule has 144 valence electrons. The second-order valence-electron chi connectivity index (χ2n) is 7.77. The summed E-state index contributed by atoms with van der Waals surface area (Å²) < 4.78 is 31.0. The standard InChI is InChI=1S/C21H26N2O3S/c1-16-2-9-21(12-22-16)27(24,25)15-18-10-11-23(14-18)13-17-3-5-19(6-4-17)26-20-7-8-20/h2-6,9,12,18,20H,7-8,10-11,13-15H2,1H3/t18-/m1/s1. The van der Waals surface area contributed by atoms with Gasteiger partial charge in [0.25, 0.3) is 0 Å². The lowest BCUT2D eigenvalue weighted by Crippen LogP contribution is -2.23. The Morgan fingerprint density at radius 2 is 1.89 bits per heavy atom. The van der Waals surface area contributed by atoms with Gasteiger partial charge in [-0.05, 0) is 68.5 Å². The predicted octanol–water partition coefficient (Wildman–Crippen LogP) is 3.23. The van der Waals surface area contributed by atoms with Crippen molar-refractivity contribution in [2.75, 3.05) is 18.8 Å². The minimum atomic E-state index is -3.27. The molecule has 2 aliphatic rings. The first-order valence-electron chi connectivity index (χ1n) is 9.61. The van der Waals surface area contributed by atoms with Crippen LogP contribution in [0, 0.1) is 12.8 Å². The minimum Gasteiger partial charge on any atom is -0.490 e. The van der Waals surface area contributed by atoms with Gasteiger partial charge < -0.3 is 4.74 Å². The molecule has 0 N–H and O–H groups in total. The third-order valence-corrected chi connectivity index (χ3v) is 7.10. The number of hydrogen-bond acceptors (Lipinski definition) is 5. The number of likely N-dealkylation sites (tertiary alicyclic amines) is 1. The zero-order valence-electron chi connectivity index (χ0n) is 15.7. The Morgan fingerprint density at radius 1 is 1.11 bits per heavy atom. The SMILES string of the molecule is Cc1ccc(S(=O)(=O)C[C@@H]2CCN(Cc3ccc(OC4CC4)cc3)C2)cn1. The van der Waals surface area contributed by atoms with Gasteiger partial charge >= 0.3 is 0 Å². The molecule has 1 atom stereocenters. The van der Waals surface area contributed by atoms with Gasteiger partial charge in [-0.2, -0.15) is 0 Å². The number of aromatic nitrogens is 1. The monoisotopic (exact) mass is 386 g/mol. The Bertz CT molecular complexity index is 875. The maximum atomic E-state index is 12.6. The summed E-state index contributed by atoms with van der Waals surface area (Å²) in [6, 6.07) is 11.7. The summed E-state index contributed by atoms with van der Waals surface area (Å²) in [6.45, 7) is 4.47. The lowest BCUT2D eigenvalue weighted by Gasteiger charge is -2.16. The average molecular weight is 387 g/mol. The Hall–Kier alpha value is -1.92. The van der Waals surface area contributed by atoms with Gasteiger partial charge in [0, 0.05) is 25.0 Å². The van der Waals surface area contributed by atoms with Crippen LogP contribution in [0.3, 0.4) is 0 Å². The Kier molecular flexibility index (Phi) is 5.19. The fraction of sp³-hybridized carbons (Fsp3) is 0.476. The van der Waals surface area contributed by atoms with Gasteiger partial charge in [-0.3, -0.25) is 9.88 Å². The van der Waals surface area contributed by atoms with E-state index in [9.17, 15) is 8.42 Å². The lowest BCUT2D eigenvalue weighted by atomic mass is 10.1. The molecule has 6 heteroatoms. The fourth-order valence-corrected chi connectivity index (χ4v) is 5.12. The van der Waals surface area contributed by atoms with Crippen molar-refractivity contribution >= 4 is 9.84 Å². The molecule has 2 aromatic rings. The van der Waals surface area contributed by atoms with E-state index in [0.717, 1.165) is 37.5 Å². The zero-order chi connectivity index (χ0) is 18.9. The van der Waals surface area contributed by atoms with E-state index in [1.807, 2.05) is 19.1 Å². The molecule has 2 fully saturated rings. The third-order valence-electron chi connectivity index (χ3n) is 5.23. The molecule has 4 rings (SSSR count). The number of pyridine rings is 1. The van der Waals surface area contributed by atoms with Crippen molar-refractivity contribution in [1.82, 2.24) is 9.88 Å². The second kappa shape index (κ2) is 7.60. The van der Waals surface area contributed by atoms with Crippen molar-refractivity contribution in [3.63, 3.8) is 0 Å². The van der Waals surface area contributed by atoms with E-state index in [1.54, 1.807) is 12.1 Å².